The molecule has 3 N–H and O–H groups in total. The van der Waals surface area contributed by atoms with Crippen molar-refractivity contribution in [3.05, 3.63) is 24.3 Å². The van der Waals surface area contributed by atoms with Crippen LogP contribution in [0.3, 0.4) is 0 Å². The van der Waals surface area contributed by atoms with Crippen molar-refractivity contribution in [2.24, 2.45) is 0 Å². The zero-order valence-corrected chi connectivity index (χ0v) is 53.6. The molecule has 0 heterocycles. The Morgan fingerprint density at radius 2 is 0.633 bits per heavy atom. The summed E-state index contributed by atoms with van der Waals surface area (Å²) in [5, 5.41) is 23.4. The summed E-state index contributed by atoms with van der Waals surface area (Å²) < 4.78 is 5.49. The minimum Gasteiger partial charge on any atom is -0.466 e. The third-order valence-electron chi connectivity index (χ3n) is 17.0. The SMILES string of the molecule is CCCCCC/C=C\C/C=C\CCCCCCCC(=O)OCCCCCCCCCCCCCCCCCCCCCCCCCCCCCCCCC(=O)NC(CO)C(O)CCCCCCCCCCCCCCCCCC. The van der Waals surface area contributed by atoms with Crippen molar-refractivity contribution >= 4 is 11.9 Å². The predicted octanol–water partition coefficient (Wildman–Crippen LogP) is 23.3. The Morgan fingerprint density at radius 1 is 0.354 bits per heavy atom. The molecule has 0 rings (SSSR count). The van der Waals surface area contributed by atoms with Gasteiger partial charge >= 0.3 is 5.97 Å². The fourth-order valence-electron chi connectivity index (χ4n) is 11.5. The van der Waals surface area contributed by atoms with E-state index in [1.54, 1.807) is 0 Å². The number of rotatable bonds is 68. The fraction of sp³-hybridized carbons (Fsp3) is 0.918. The second-order valence-electron chi connectivity index (χ2n) is 24.9. The van der Waals surface area contributed by atoms with Gasteiger partial charge in [-0.2, -0.15) is 0 Å². The molecule has 0 spiro atoms. The van der Waals surface area contributed by atoms with E-state index >= 15 is 0 Å². The molecule has 0 aliphatic heterocycles. The van der Waals surface area contributed by atoms with E-state index in [1.807, 2.05) is 0 Å². The molecule has 0 aromatic heterocycles. The molecule has 6 heteroatoms. The lowest BCUT2D eigenvalue weighted by atomic mass is 10.0. The van der Waals surface area contributed by atoms with Gasteiger partial charge in [0, 0.05) is 12.8 Å². The van der Waals surface area contributed by atoms with Crippen LogP contribution in [0, 0.1) is 0 Å². The number of unbranched alkanes of at least 4 members (excludes halogenated alkanes) is 53. The van der Waals surface area contributed by atoms with Gasteiger partial charge in [0.25, 0.3) is 0 Å². The lowest BCUT2D eigenvalue weighted by Crippen LogP contribution is -2.45. The quantitative estimate of drug-likeness (QED) is 0.0320. The number of esters is 1. The van der Waals surface area contributed by atoms with E-state index in [9.17, 15) is 19.8 Å². The van der Waals surface area contributed by atoms with Gasteiger partial charge < -0.3 is 20.3 Å². The van der Waals surface area contributed by atoms with Crippen LogP contribution in [0.15, 0.2) is 24.3 Å². The molecule has 1 amide bonds. The summed E-state index contributed by atoms with van der Waals surface area (Å²) in [4.78, 5) is 24.6. The average molecular weight is 1110 g/mol. The predicted molar refractivity (Wildman–Crippen MR) is 347 cm³/mol. The number of aliphatic hydroxyl groups excluding tert-OH is 2. The third kappa shape index (κ3) is 65.4. The van der Waals surface area contributed by atoms with E-state index in [2.05, 4.69) is 43.5 Å². The number of carbonyl (C=O) groups is 2. The molecule has 0 aromatic carbocycles. The van der Waals surface area contributed by atoms with Gasteiger partial charge in [0.15, 0.2) is 0 Å². The molecule has 0 radical (unpaired) electrons. The molecule has 0 aliphatic rings. The third-order valence-corrected chi connectivity index (χ3v) is 17.0. The minimum atomic E-state index is -0.661. The van der Waals surface area contributed by atoms with Crippen LogP contribution in [0.4, 0.5) is 0 Å². The van der Waals surface area contributed by atoms with Crippen LogP contribution < -0.4 is 5.32 Å². The molecule has 0 aliphatic carbocycles. The molecule has 79 heavy (non-hydrogen) atoms. The molecule has 468 valence electrons. The summed E-state index contributed by atoms with van der Waals surface area (Å²) in [5.41, 5.74) is 0. The number of aliphatic hydroxyl groups is 2. The summed E-state index contributed by atoms with van der Waals surface area (Å²) in [7, 11) is 0. The van der Waals surface area contributed by atoms with Crippen molar-refractivity contribution in [3.63, 3.8) is 0 Å². The van der Waals surface area contributed by atoms with Gasteiger partial charge in [0.1, 0.15) is 0 Å². The molecular weight excluding hydrogens is 971 g/mol. The van der Waals surface area contributed by atoms with Crippen molar-refractivity contribution in [2.45, 2.75) is 418 Å². The van der Waals surface area contributed by atoms with Crippen LogP contribution in [0.2, 0.25) is 0 Å². The smallest absolute Gasteiger partial charge is 0.305 e. The molecule has 2 unspecified atom stereocenters. The molecule has 2 atom stereocenters. The highest BCUT2D eigenvalue weighted by atomic mass is 16.5. The topological polar surface area (TPSA) is 95.9 Å². The highest BCUT2D eigenvalue weighted by Crippen LogP contribution is 2.19. The number of hydrogen-bond acceptors (Lipinski definition) is 5. The first-order valence-corrected chi connectivity index (χ1v) is 36.1. The van der Waals surface area contributed by atoms with E-state index in [0.717, 1.165) is 51.4 Å². The Hall–Kier alpha value is -1.66. The first-order valence-electron chi connectivity index (χ1n) is 36.1. The summed E-state index contributed by atoms with van der Waals surface area (Å²) in [5.74, 6) is -0.0204. The number of amides is 1. The van der Waals surface area contributed by atoms with Crippen LogP contribution in [0.5, 0.6) is 0 Å². The van der Waals surface area contributed by atoms with Gasteiger partial charge in [-0.05, 0) is 57.8 Å². The monoisotopic (exact) mass is 1110 g/mol. The number of allylic oxidation sites excluding steroid dienone is 4. The van der Waals surface area contributed by atoms with Gasteiger partial charge in [-0.3, -0.25) is 9.59 Å². The van der Waals surface area contributed by atoms with Crippen molar-refractivity contribution in [1.29, 1.82) is 0 Å². The van der Waals surface area contributed by atoms with E-state index < -0.39 is 12.1 Å². The van der Waals surface area contributed by atoms with E-state index in [4.69, 9.17) is 4.74 Å². The lowest BCUT2D eigenvalue weighted by Gasteiger charge is -2.22. The molecule has 0 aromatic rings. The second-order valence-corrected chi connectivity index (χ2v) is 24.9. The summed E-state index contributed by atoms with van der Waals surface area (Å²) in [6, 6.07) is -0.538. The Labute approximate surface area is 494 Å². The molecule has 0 saturated carbocycles. The molecule has 0 fully saturated rings. The Bertz CT molecular complexity index is 1230. The van der Waals surface area contributed by atoms with Crippen molar-refractivity contribution < 1.29 is 24.5 Å². The van der Waals surface area contributed by atoms with Gasteiger partial charge in [-0.15, -0.1) is 0 Å². The average Bonchev–Trinajstić information content (AvgIpc) is 3.45. The van der Waals surface area contributed by atoms with Crippen LogP contribution in [-0.2, 0) is 14.3 Å². The van der Waals surface area contributed by atoms with E-state index in [-0.39, 0.29) is 18.5 Å². The van der Waals surface area contributed by atoms with Crippen molar-refractivity contribution in [1.82, 2.24) is 5.32 Å². The first-order chi connectivity index (χ1) is 39.0. The standard InChI is InChI=1S/C73H141NO5/c1-3-5-7-9-11-13-15-17-19-37-41-45-49-53-57-61-65-71(76)70(69-75)74-72(77)66-62-58-54-50-46-42-38-35-33-31-29-27-25-23-21-22-24-26-28-30-32-34-36-40-44-48-52-56-60-64-68-79-73(78)67-63-59-55-51-47-43-39-20-18-16-14-12-10-8-6-4-2/h14,16,20,39,70-71,75-76H,3-13,15,17-19,21-38,40-69H2,1-2H3,(H,74,77)/b16-14-,39-20-. The Morgan fingerprint density at radius 3 is 0.975 bits per heavy atom. The zero-order valence-electron chi connectivity index (χ0n) is 53.6. The van der Waals surface area contributed by atoms with Gasteiger partial charge in [0.2, 0.25) is 5.91 Å². The minimum absolute atomic E-state index is 0.00730. The summed E-state index contributed by atoms with van der Waals surface area (Å²) in [6.45, 7) is 4.97. The zero-order chi connectivity index (χ0) is 57.1. The van der Waals surface area contributed by atoms with Crippen molar-refractivity contribution in [2.75, 3.05) is 13.2 Å². The Kier molecular flexibility index (Phi) is 67.4. The van der Waals surface area contributed by atoms with E-state index in [1.165, 1.54) is 321 Å². The molecule has 6 nitrogen and oxygen atoms in total. The maximum Gasteiger partial charge on any atom is 0.305 e. The fourth-order valence-corrected chi connectivity index (χ4v) is 11.5. The molecule has 0 bridgehead atoms. The maximum atomic E-state index is 12.5. The Balaban J connectivity index is 3.33. The highest BCUT2D eigenvalue weighted by Gasteiger charge is 2.20. The second kappa shape index (κ2) is 68.8. The van der Waals surface area contributed by atoms with Gasteiger partial charge in [-0.25, -0.2) is 0 Å². The van der Waals surface area contributed by atoms with Gasteiger partial charge in [-0.1, -0.05) is 359 Å². The summed E-state index contributed by atoms with van der Waals surface area (Å²) >= 11 is 0. The van der Waals surface area contributed by atoms with Crippen LogP contribution in [0.1, 0.15) is 406 Å². The highest BCUT2D eigenvalue weighted by molar-refractivity contribution is 5.76. The van der Waals surface area contributed by atoms with Crippen molar-refractivity contribution in [3.8, 4) is 0 Å². The first kappa shape index (κ1) is 77.3. The molecular formula is C73H141NO5. The summed E-state index contributed by atoms with van der Waals surface area (Å²) in [6.07, 6.45) is 86.6. The molecule has 0 saturated heterocycles. The number of hydrogen-bond donors (Lipinski definition) is 3. The van der Waals surface area contributed by atoms with Crippen LogP contribution in [-0.4, -0.2) is 47.4 Å². The van der Waals surface area contributed by atoms with Crippen LogP contribution >= 0.6 is 0 Å². The normalized spacial score (nSPS) is 12.6. The number of nitrogens with one attached hydrogen (secondary N) is 1. The maximum absolute atomic E-state index is 12.5. The lowest BCUT2D eigenvalue weighted by molar-refractivity contribution is -0.143. The van der Waals surface area contributed by atoms with E-state index in [0.29, 0.717) is 25.9 Å². The van der Waals surface area contributed by atoms with Gasteiger partial charge in [0.05, 0.1) is 25.4 Å². The number of carbonyl (C=O) groups excluding carboxylic acids is 2. The largest absolute Gasteiger partial charge is 0.466 e. The van der Waals surface area contributed by atoms with Crippen LogP contribution in [0.25, 0.3) is 0 Å². The number of ether oxygens (including phenoxy) is 1.